The second-order valence-electron chi connectivity index (χ2n) is 6.24. The van der Waals surface area contributed by atoms with Crippen LogP contribution in [-0.4, -0.2) is 29.2 Å². The number of rotatable bonds is 3. The topological polar surface area (TPSA) is 58.1 Å². The number of para-hydroxylation sites is 1. The Balaban J connectivity index is 1.69. The van der Waals surface area contributed by atoms with Gasteiger partial charge in [-0.25, -0.2) is 0 Å². The Morgan fingerprint density at radius 3 is 2.74 bits per heavy atom. The van der Waals surface area contributed by atoms with Gasteiger partial charge in [0.25, 0.3) is 5.91 Å². The van der Waals surface area contributed by atoms with Crippen LogP contribution in [0, 0.1) is 12.8 Å². The number of aromatic nitrogens is 2. The molecule has 1 fully saturated rings. The molecule has 5 nitrogen and oxygen atoms in total. The van der Waals surface area contributed by atoms with E-state index in [1.54, 1.807) is 6.07 Å². The Morgan fingerprint density at radius 2 is 2.04 bits per heavy atom. The van der Waals surface area contributed by atoms with Crippen LogP contribution in [0.4, 0.5) is 11.5 Å². The van der Waals surface area contributed by atoms with Crippen LogP contribution >= 0.6 is 0 Å². The average Bonchev–Trinajstić information content (AvgIpc) is 2.57. The first-order valence-electron chi connectivity index (χ1n) is 8.09. The van der Waals surface area contributed by atoms with Gasteiger partial charge in [-0.1, -0.05) is 25.1 Å². The third-order valence-electron chi connectivity index (χ3n) is 4.26. The van der Waals surface area contributed by atoms with Crippen LogP contribution in [0.15, 0.2) is 36.4 Å². The zero-order valence-corrected chi connectivity index (χ0v) is 13.6. The fraction of sp³-hybridized carbons (Fsp3) is 0.389. The van der Waals surface area contributed by atoms with E-state index in [4.69, 9.17) is 0 Å². The van der Waals surface area contributed by atoms with Crippen LogP contribution in [0.5, 0.6) is 0 Å². The number of aryl methyl sites for hydroxylation is 1. The van der Waals surface area contributed by atoms with Crippen molar-refractivity contribution >= 4 is 17.4 Å². The first-order valence-corrected chi connectivity index (χ1v) is 8.09. The highest BCUT2D eigenvalue weighted by molar-refractivity contribution is 6.03. The van der Waals surface area contributed by atoms with Crippen molar-refractivity contribution < 1.29 is 4.79 Å². The fourth-order valence-corrected chi connectivity index (χ4v) is 2.91. The molecule has 1 atom stereocenters. The van der Waals surface area contributed by atoms with Crippen molar-refractivity contribution in [1.29, 1.82) is 0 Å². The molecule has 1 aromatic heterocycles. The molecule has 0 aliphatic carbocycles. The van der Waals surface area contributed by atoms with Crippen molar-refractivity contribution in [2.45, 2.75) is 26.7 Å². The Kier molecular flexibility index (Phi) is 4.55. The molecule has 1 saturated heterocycles. The Hall–Kier alpha value is -2.43. The summed E-state index contributed by atoms with van der Waals surface area (Å²) < 4.78 is 0. The molecule has 1 unspecified atom stereocenters. The summed E-state index contributed by atoms with van der Waals surface area (Å²) in [7, 11) is 0. The second kappa shape index (κ2) is 6.77. The number of piperidine rings is 1. The first-order chi connectivity index (χ1) is 11.1. The number of anilines is 2. The minimum absolute atomic E-state index is 0.231. The molecule has 1 amide bonds. The Labute approximate surface area is 136 Å². The number of hydrogen-bond donors (Lipinski definition) is 1. The molecule has 1 aliphatic rings. The molecule has 1 N–H and O–H groups in total. The van der Waals surface area contributed by atoms with Gasteiger partial charge in [0.05, 0.1) is 0 Å². The molecule has 1 aromatic carbocycles. The number of benzene rings is 1. The van der Waals surface area contributed by atoms with E-state index in [2.05, 4.69) is 27.3 Å². The van der Waals surface area contributed by atoms with E-state index in [0.717, 1.165) is 30.2 Å². The van der Waals surface area contributed by atoms with E-state index in [1.807, 2.05) is 37.3 Å². The smallest absolute Gasteiger partial charge is 0.276 e. The number of hydrogen-bond acceptors (Lipinski definition) is 4. The molecule has 0 spiro atoms. The second-order valence-corrected chi connectivity index (χ2v) is 6.24. The molecule has 0 bridgehead atoms. The zero-order chi connectivity index (χ0) is 16.2. The number of carbonyl (C=O) groups excluding carboxylic acids is 1. The number of nitrogens with zero attached hydrogens (tertiary/aromatic N) is 3. The summed E-state index contributed by atoms with van der Waals surface area (Å²) in [6.45, 7) is 6.22. The van der Waals surface area contributed by atoms with Crippen LogP contribution in [0.2, 0.25) is 0 Å². The Bertz CT molecular complexity index is 684. The van der Waals surface area contributed by atoms with E-state index in [0.29, 0.717) is 11.6 Å². The van der Waals surface area contributed by atoms with Crippen LogP contribution in [0.1, 0.15) is 35.8 Å². The van der Waals surface area contributed by atoms with Crippen molar-refractivity contribution in [3.63, 3.8) is 0 Å². The molecule has 23 heavy (non-hydrogen) atoms. The lowest BCUT2D eigenvalue weighted by Crippen LogP contribution is -2.35. The molecule has 120 valence electrons. The molecule has 2 aromatic rings. The summed E-state index contributed by atoms with van der Waals surface area (Å²) >= 11 is 0. The minimum atomic E-state index is -0.231. The Morgan fingerprint density at radius 1 is 1.22 bits per heavy atom. The lowest BCUT2D eigenvalue weighted by atomic mass is 10.0. The van der Waals surface area contributed by atoms with Crippen molar-refractivity contribution in [3.8, 4) is 0 Å². The number of nitrogens with one attached hydrogen (secondary N) is 1. The molecule has 0 saturated carbocycles. The van der Waals surface area contributed by atoms with Crippen molar-refractivity contribution in [2.24, 2.45) is 5.92 Å². The van der Waals surface area contributed by atoms with E-state index in [1.165, 1.54) is 12.8 Å². The minimum Gasteiger partial charge on any atom is -0.355 e. The zero-order valence-electron chi connectivity index (χ0n) is 13.6. The molecular formula is C18H22N4O. The fourth-order valence-electron chi connectivity index (χ4n) is 2.91. The van der Waals surface area contributed by atoms with Gasteiger partial charge in [-0.05, 0) is 49.4 Å². The monoisotopic (exact) mass is 310 g/mol. The highest BCUT2D eigenvalue weighted by atomic mass is 16.1. The first kappa shape index (κ1) is 15.5. The normalized spacial score (nSPS) is 17.8. The molecular weight excluding hydrogens is 288 g/mol. The summed E-state index contributed by atoms with van der Waals surface area (Å²) in [5.41, 5.74) is 2.16. The summed E-state index contributed by atoms with van der Waals surface area (Å²) in [4.78, 5) is 14.5. The number of carbonyl (C=O) groups is 1. The van der Waals surface area contributed by atoms with Crippen molar-refractivity contribution in [3.05, 3.63) is 47.7 Å². The van der Waals surface area contributed by atoms with Crippen LogP contribution in [0.25, 0.3) is 0 Å². The average molecular weight is 310 g/mol. The summed E-state index contributed by atoms with van der Waals surface area (Å²) in [5.74, 6) is 1.30. The maximum absolute atomic E-state index is 12.3. The van der Waals surface area contributed by atoms with E-state index < -0.39 is 0 Å². The molecule has 0 radical (unpaired) electrons. The van der Waals surface area contributed by atoms with E-state index in [-0.39, 0.29) is 5.91 Å². The third-order valence-corrected chi connectivity index (χ3v) is 4.26. The van der Waals surface area contributed by atoms with E-state index in [9.17, 15) is 4.79 Å². The van der Waals surface area contributed by atoms with Gasteiger partial charge in [0.2, 0.25) is 0 Å². The number of amides is 1. The standard InChI is InChI=1S/C18H22N4O/c1-13-6-5-11-22(12-13)17-10-9-16(20-21-17)18(23)19-15-8-4-3-7-14(15)2/h3-4,7-10,13H,5-6,11-12H2,1-2H3,(H,19,23). The van der Waals surface area contributed by atoms with Crippen LogP contribution in [-0.2, 0) is 0 Å². The van der Waals surface area contributed by atoms with Crippen LogP contribution in [0.3, 0.4) is 0 Å². The predicted molar refractivity (Wildman–Crippen MR) is 91.8 cm³/mol. The summed E-state index contributed by atoms with van der Waals surface area (Å²) in [5, 5.41) is 11.2. The summed E-state index contributed by atoms with van der Waals surface area (Å²) in [6.07, 6.45) is 2.44. The highest BCUT2D eigenvalue weighted by Crippen LogP contribution is 2.21. The molecule has 1 aliphatic heterocycles. The van der Waals surface area contributed by atoms with Gasteiger partial charge in [-0.2, -0.15) is 0 Å². The van der Waals surface area contributed by atoms with Gasteiger partial charge in [-0.15, -0.1) is 10.2 Å². The van der Waals surface area contributed by atoms with Crippen LogP contribution < -0.4 is 10.2 Å². The molecule has 5 heteroatoms. The van der Waals surface area contributed by atoms with Gasteiger partial charge < -0.3 is 10.2 Å². The lowest BCUT2D eigenvalue weighted by molar-refractivity contribution is 0.102. The van der Waals surface area contributed by atoms with Gasteiger partial charge in [0.15, 0.2) is 11.5 Å². The molecule has 3 rings (SSSR count). The SMILES string of the molecule is Cc1ccccc1NC(=O)c1ccc(N2CCCC(C)C2)nn1. The summed E-state index contributed by atoms with van der Waals surface area (Å²) in [6, 6.07) is 11.3. The third kappa shape index (κ3) is 3.67. The van der Waals surface area contributed by atoms with Crippen molar-refractivity contribution in [1.82, 2.24) is 10.2 Å². The van der Waals surface area contributed by atoms with Gasteiger partial charge in [0, 0.05) is 18.8 Å². The van der Waals surface area contributed by atoms with Gasteiger partial charge in [0.1, 0.15) is 0 Å². The van der Waals surface area contributed by atoms with Gasteiger partial charge in [-0.3, -0.25) is 4.79 Å². The van der Waals surface area contributed by atoms with Crippen molar-refractivity contribution in [2.75, 3.05) is 23.3 Å². The highest BCUT2D eigenvalue weighted by Gasteiger charge is 2.18. The quantitative estimate of drug-likeness (QED) is 0.945. The maximum atomic E-state index is 12.3. The molecule has 2 heterocycles. The van der Waals surface area contributed by atoms with E-state index >= 15 is 0 Å². The van der Waals surface area contributed by atoms with Gasteiger partial charge >= 0.3 is 0 Å². The maximum Gasteiger partial charge on any atom is 0.276 e. The predicted octanol–water partition coefficient (Wildman–Crippen LogP) is 3.27. The lowest BCUT2D eigenvalue weighted by Gasteiger charge is -2.31. The largest absolute Gasteiger partial charge is 0.355 e.